The molecule has 0 radical (unpaired) electrons. The van der Waals surface area contributed by atoms with E-state index >= 15 is 0 Å². The predicted molar refractivity (Wildman–Crippen MR) is 110 cm³/mol. The molecular formula is C23H25N3O3. The minimum atomic E-state index is -1.05. The molecule has 0 bridgehead atoms. The van der Waals surface area contributed by atoms with Crippen LogP contribution in [-0.2, 0) is 21.5 Å². The fraction of sp³-hybridized carbons (Fsp3) is 0.348. The van der Waals surface area contributed by atoms with E-state index in [9.17, 15) is 14.4 Å². The number of anilines is 1. The quantitative estimate of drug-likeness (QED) is 0.783. The summed E-state index contributed by atoms with van der Waals surface area (Å²) >= 11 is 0. The first-order valence-electron chi connectivity index (χ1n) is 10.0. The molecule has 6 nitrogen and oxygen atoms in total. The summed E-state index contributed by atoms with van der Waals surface area (Å²) in [5.41, 5.74) is 2.58. The van der Waals surface area contributed by atoms with Gasteiger partial charge in [-0.05, 0) is 47.9 Å². The van der Waals surface area contributed by atoms with E-state index in [2.05, 4.69) is 10.6 Å². The monoisotopic (exact) mass is 391 g/mol. The van der Waals surface area contributed by atoms with Gasteiger partial charge in [-0.15, -0.1) is 0 Å². The highest BCUT2D eigenvalue weighted by Crippen LogP contribution is 2.39. The van der Waals surface area contributed by atoms with Gasteiger partial charge in [-0.25, -0.2) is 4.79 Å². The molecule has 1 heterocycles. The highest BCUT2D eigenvalue weighted by molar-refractivity contribution is 6.10. The predicted octanol–water partition coefficient (Wildman–Crippen LogP) is 3.53. The zero-order chi connectivity index (χ0) is 20.6. The molecule has 0 saturated carbocycles. The first kappa shape index (κ1) is 19.2. The SMILES string of the molecule is CC(C)c1ccccc1NC(=O)CN1C(=O)N[C@]2(CCCc3ccccc32)C1=O. The fourth-order valence-corrected chi connectivity index (χ4v) is 4.40. The molecule has 0 unspecified atom stereocenters. The van der Waals surface area contributed by atoms with E-state index in [1.165, 1.54) is 0 Å². The number of carbonyl (C=O) groups is 3. The molecule has 2 N–H and O–H groups in total. The zero-order valence-electron chi connectivity index (χ0n) is 16.7. The molecule has 1 spiro atoms. The van der Waals surface area contributed by atoms with E-state index in [1.54, 1.807) is 0 Å². The van der Waals surface area contributed by atoms with Gasteiger partial charge in [0.1, 0.15) is 12.1 Å². The van der Waals surface area contributed by atoms with Gasteiger partial charge in [0, 0.05) is 5.69 Å². The summed E-state index contributed by atoms with van der Waals surface area (Å²) in [6, 6.07) is 14.8. The molecule has 2 aromatic carbocycles. The number of urea groups is 1. The number of para-hydroxylation sites is 1. The van der Waals surface area contributed by atoms with Gasteiger partial charge in [0.25, 0.3) is 5.91 Å². The smallest absolute Gasteiger partial charge is 0.324 e. The van der Waals surface area contributed by atoms with Gasteiger partial charge >= 0.3 is 6.03 Å². The molecule has 0 aromatic heterocycles. The van der Waals surface area contributed by atoms with Crippen LogP contribution in [0.5, 0.6) is 0 Å². The molecule has 2 aromatic rings. The van der Waals surface area contributed by atoms with Gasteiger partial charge in [0.05, 0.1) is 0 Å². The third-order valence-electron chi connectivity index (χ3n) is 5.81. The van der Waals surface area contributed by atoms with Crippen LogP contribution in [0.3, 0.4) is 0 Å². The standard InChI is InChI=1S/C23H25N3O3/c1-15(2)17-10-4-6-12-19(17)24-20(27)14-26-21(28)23(25-22(26)29)13-7-9-16-8-3-5-11-18(16)23/h3-6,8,10-12,15H,7,9,13-14H2,1-2H3,(H,24,27)(H,25,29)/t23-/m0/s1. The van der Waals surface area contributed by atoms with Gasteiger partial charge in [-0.2, -0.15) is 0 Å². The zero-order valence-corrected chi connectivity index (χ0v) is 16.7. The first-order chi connectivity index (χ1) is 13.9. The Kier molecular flexibility index (Phi) is 4.86. The van der Waals surface area contributed by atoms with Gasteiger partial charge in [0.2, 0.25) is 5.91 Å². The molecule has 1 aliphatic carbocycles. The first-order valence-corrected chi connectivity index (χ1v) is 10.0. The van der Waals surface area contributed by atoms with E-state index in [1.807, 2.05) is 62.4 Å². The maximum absolute atomic E-state index is 13.3. The lowest BCUT2D eigenvalue weighted by Gasteiger charge is -2.33. The van der Waals surface area contributed by atoms with Crippen LogP contribution < -0.4 is 10.6 Å². The largest absolute Gasteiger partial charge is 0.325 e. The highest BCUT2D eigenvalue weighted by Gasteiger charge is 2.54. The minimum absolute atomic E-state index is 0.241. The average Bonchev–Trinajstić information content (AvgIpc) is 2.93. The van der Waals surface area contributed by atoms with E-state index in [-0.39, 0.29) is 24.3 Å². The number of nitrogens with zero attached hydrogens (tertiary/aromatic N) is 1. The van der Waals surface area contributed by atoms with Crippen molar-refractivity contribution in [3.05, 3.63) is 65.2 Å². The summed E-state index contributed by atoms with van der Waals surface area (Å²) in [6.07, 6.45) is 2.24. The summed E-state index contributed by atoms with van der Waals surface area (Å²) in [6.45, 7) is 3.79. The molecule has 1 atom stereocenters. The topological polar surface area (TPSA) is 78.5 Å². The van der Waals surface area contributed by atoms with Crippen LogP contribution in [0, 0.1) is 0 Å². The number of hydrogen-bond acceptors (Lipinski definition) is 3. The second-order valence-corrected chi connectivity index (χ2v) is 8.03. The Bertz CT molecular complexity index is 985. The van der Waals surface area contributed by atoms with E-state index in [4.69, 9.17) is 0 Å². The molecule has 2 aliphatic rings. The fourth-order valence-electron chi connectivity index (χ4n) is 4.40. The lowest BCUT2D eigenvalue weighted by molar-refractivity contribution is -0.134. The summed E-state index contributed by atoms with van der Waals surface area (Å²) < 4.78 is 0. The third kappa shape index (κ3) is 3.28. The highest BCUT2D eigenvalue weighted by atomic mass is 16.2. The van der Waals surface area contributed by atoms with Crippen LogP contribution in [0.2, 0.25) is 0 Å². The van der Waals surface area contributed by atoms with Gasteiger partial charge in [0.15, 0.2) is 0 Å². The van der Waals surface area contributed by atoms with Crippen molar-refractivity contribution in [2.24, 2.45) is 0 Å². The maximum atomic E-state index is 13.3. The van der Waals surface area contributed by atoms with E-state index in [0.717, 1.165) is 34.4 Å². The van der Waals surface area contributed by atoms with Crippen molar-refractivity contribution in [3.8, 4) is 0 Å². The number of fused-ring (bicyclic) bond motifs is 2. The van der Waals surface area contributed by atoms with Crippen LogP contribution in [0.15, 0.2) is 48.5 Å². The Balaban J connectivity index is 1.55. The molecule has 1 fully saturated rings. The number of benzene rings is 2. The van der Waals surface area contributed by atoms with Gasteiger partial charge < -0.3 is 10.6 Å². The molecule has 4 amide bonds. The van der Waals surface area contributed by atoms with Crippen molar-refractivity contribution in [1.82, 2.24) is 10.2 Å². The summed E-state index contributed by atoms with van der Waals surface area (Å²) in [5.74, 6) is -0.491. The lowest BCUT2D eigenvalue weighted by Crippen LogP contribution is -2.47. The van der Waals surface area contributed by atoms with Crippen molar-refractivity contribution >= 4 is 23.5 Å². The van der Waals surface area contributed by atoms with Gasteiger partial charge in [-0.1, -0.05) is 56.3 Å². The van der Waals surface area contributed by atoms with Crippen molar-refractivity contribution < 1.29 is 14.4 Å². The Morgan fingerprint density at radius 2 is 1.86 bits per heavy atom. The Hall–Kier alpha value is -3.15. The van der Waals surface area contributed by atoms with Crippen LogP contribution in [0.4, 0.5) is 10.5 Å². The maximum Gasteiger partial charge on any atom is 0.325 e. The van der Waals surface area contributed by atoms with Crippen molar-refractivity contribution in [3.63, 3.8) is 0 Å². The third-order valence-corrected chi connectivity index (χ3v) is 5.81. The molecule has 4 rings (SSSR count). The molecule has 6 heteroatoms. The number of rotatable bonds is 4. The number of amides is 4. The minimum Gasteiger partial charge on any atom is -0.324 e. The van der Waals surface area contributed by atoms with E-state index in [0.29, 0.717) is 12.1 Å². The molecule has 1 aliphatic heterocycles. The van der Waals surface area contributed by atoms with Crippen LogP contribution in [0.1, 0.15) is 49.3 Å². The van der Waals surface area contributed by atoms with E-state index < -0.39 is 11.6 Å². The number of aryl methyl sites for hydroxylation is 1. The van der Waals surface area contributed by atoms with Crippen LogP contribution in [0.25, 0.3) is 0 Å². The number of carbonyl (C=O) groups excluding carboxylic acids is 3. The average molecular weight is 391 g/mol. The van der Waals surface area contributed by atoms with Crippen LogP contribution in [-0.4, -0.2) is 29.3 Å². The normalized spacial score (nSPS) is 20.7. The van der Waals surface area contributed by atoms with Crippen LogP contribution >= 0.6 is 0 Å². The molecule has 29 heavy (non-hydrogen) atoms. The Morgan fingerprint density at radius 1 is 1.14 bits per heavy atom. The molecule has 1 saturated heterocycles. The summed E-state index contributed by atoms with van der Waals surface area (Å²) in [7, 11) is 0. The lowest BCUT2D eigenvalue weighted by atomic mass is 9.76. The second-order valence-electron chi connectivity index (χ2n) is 8.03. The number of nitrogens with one attached hydrogen (secondary N) is 2. The number of imide groups is 1. The Labute approximate surface area is 170 Å². The number of hydrogen-bond donors (Lipinski definition) is 2. The van der Waals surface area contributed by atoms with Crippen molar-refractivity contribution in [1.29, 1.82) is 0 Å². The molecular weight excluding hydrogens is 366 g/mol. The second kappa shape index (κ2) is 7.35. The molecule has 150 valence electrons. The van der Waals surface area contributed by atoms with Gasteiger partial charge in [-0.3, -0.25) is 14.5 Å². The Morgan fingerprint density at radius 3 is 2.66 bits per heavy atom. The van der Waals surface area contributed by atoms with Crippen molar-refractivity contribution in [2.75, 3.05) is 11.9 Å². The summed E-state index contributed by atoms with van der Waals surface area (Å²) in [5, 5.41) is 5.74. The van der Waals surface area contributed by atoms with Crippen molar-refractivity contribution in [2.45, 2.75) is 44.6 Å². The summed E-state index contributed by atoms with van der Waals surface area (Å²) in [4.78, 5) is 39.6.